The number of hydrogen-bond donors (Lipinski definition) is 2. The van der Waals surface area contributed by atoms with E-state index >= 15 is 0 Å². The maximum atomic E-state index is 4.03. The molecule has 6 atom stereocenters. The minimum absolute atomic E-state index is 0.434. The fourth-order valence-corrected chi connectivity index (χ4v) is 10.3. The monoisotopic (exact) mass is 664 g/mol. The Labute approximate surface area is 303 Å². The van der Waals surface area contributed by atoms with Gasteiger partial charge >= 0.3 is 0 Å². The fourth-order valence-electron chi connectivity index (χ4n) is 10.3. The van der Waals surface area contributed by atoms with Crippen LogP contribution in [-0.2, 0) is 0 Å². The molecule has 0 amide bonds. The van der Waals surface area contributed by atoms with Gasteiger partial charge in [0.05, 0.1) is 0 Å². The second kappa shape index (κ2) is 16.0. The summed E-state index contributed by atoms with van der Waals surface area (Å²) in [5, 5.41) is 7.64. The molecule has 0 aromatic heterocycles. The maximum Gasteiger partial charge on any atom is 0.0259 e. The lowest BCUT2D eigenvalue weighted by atomic mass is 9.71. The summed E-state index contributed by atoms with van der Waals surface area (Å²) in [5.74, 6) is 3.38. The molecule has 5 unspecified atom stereocenters. The van der Waals surface area contributed by atoms with Crippen LogP contribution in [0.2, 0.25) is 0 Å². The minimum Gasteiger partial charge on any atom is -0.316 e. The van der Waals surface area contributed by atoms with E-state index in [0.717, 1.165) is 37.6 Å². The highest BCUT2D eigenvalue weighted by Crippen LogP contribution is 2.46. The third-order valence-corrected chi connectivity index (χ3v) is 13.3. The van der Waals surface area contributed by atoms with Crippen molar-refractivity contribution >= 4 is 0 Å². The van der Waals surface area contributed by atoms with Crippen LogP contribution >= 0.6 is 0 Å². The molecule has 2 nitrogen and oxygen atoms in total. The first kappa shape index (κ1) is 33.9. The Morgan fingerprint density at radius 1 is 0.800 bits per heavy atom. The van der Waals surface area contributed by atoms with Gasteiger partial charge in [0.25, 0.3) is 0 Å². The fraction of sp³-hybridized carbons (Fsp3) is 0.500. The molecule has 8 rings (SSSR count). The first-order valence-electron chi connectivity index (χ1n) is 20.4. The Hall–Kier alpha value is -3.20. The molecule has 1 aliphatic heterocycles. The van der Waals surface area contributed by atoms with Crippen LogP contribution < -0.4 is 10.6 Å². The lowest BCUT2D eigenvalue weighted by molar-refractivity contribution is 0.351. The molecule has 7 aliphatic carbocycles. The average molecular weight is 665 g/mol. The molecule has 8 aliphatic rings. The molecular weight excluding hydrogens is 605 g/mol. The Bertz CT molecular complexity index is 1660. The molecule has 2 fully saturated rings. The molecular formula is C48H60N2. The van der Waals surface area contributed by atoms with Crippen LogP contribution in [0.1, 0.15) is 96.8 Å². The van der Waals surface area contributed by atoms with Crippen molar-refractivity contribution in [3.8, 4) is 0 Å². The van der Waals surface area contributed by atoms with Gasteiger partial charge in [-0.05, 0) is 184 Å². The molecule has 0 bridgehead atoms. The van der Waals surface area contributed by atoms with Crippen molar-refractivity contribution in [1.82, 2.24) is 10.6 Å². The highest BCUT2D eigenvalue weighted by atomic mass is 14.9. The van der Waals surface area contributed by atoms with Gasteiger partial charge in [0.1, 0.15) is 0 Å². The van der Waals surface area contributed by atoms with E-state index in [4.69, 9.17) is 0 Å². The normalized spacial score (nSPS) is 32.9. The molecule has 2 heteroatoms. The zero-order valence-electron chi connectivity index (χ0n) is 30.6. The van der Waals surface area contributed by atoms with Gasteiger partial charge in [-0.25, -0.2) is 0 Å². The average Bonchev–Trinajstić information content (AvgIpc) is 3.73. The standard InChI is InChI=1S/C48H60N2/c1-34(45-25-26-46(48-20-8-7-19-47(45)48)41-18-10-17-39(30-41)43-27-28-49-32-43)21-22-42(33-50-44-24-23-36-13-5-6-14-40(36)31-44)38-16-9-15-37(29-38)35-11-3-2-4-12-35/h2-3,6,9-11,14-15,17-18,21-24,29,36,38-40,43-44,49-50H,4-5,7-8,12-13,16,19-20,25-28,30-33H2,1H3/b34-21+,42-22+/t36?,38-,39?,40?,43?,44?/m1/s1. The Morgan fingerprint density at radius 3 is 2.60 bits per heavy atom. The van der Waals surface area contributed by atoms with Gasteiger partial charge in [0.15, 0.2) is 0 Å². The largest absolute Gasteiger partial charge is 0.316 e. The van der Waals surface area contributed by atoms with E-state index in [1.807, 2.05) is 0 Å². The third kappa shape index (κ3) is 7.68. The van der Waals surface area contributed by atoms with Gasteiger partial charge in [-0.1, -0.05) is 91.1 Å². The number of nitrogens with one attached hydrogen (secondary N) is 2. The van der Waals surface area contributed by atoms with Gasteiger partial charge in [-0.2, -0.15) is 0 Å². The van der Waals surface area contributed by atoms with E-state index in [1.54, 1.807) is 27.9 Å². The van der Waals surface area contributed by atoms with Gasteiger partial charge in [-0.3, -0.25) is 0 Å². The van der Waals surface area contributed by atoms with Crippen molar-refractivity contribution in [1.29, 1.82) is 0 Å². The van der Waals surface area contributed by atoms with Crippen LogP contribution in [0.5, 0.6) is 0 Å². The first-order chi connectivity index (χ1) is 24.7. The van der Waals surface area contributed by atoms with Crippen molar-refractivity contribution in [3.63, 3.8) is 0 Å². The number of rotatable bonds is 9. The Balaban J connectivity index is 1.06. The van der Waals surface area contributed by atoms with Gasteiger partial charge in [-0.15, -0.1) is 0 Å². The summed E-state index contributed by atoms with van der Waals surface area (Å²) < 4.78 is 0. The smallest absolute Gasteiger partial charge is 0.0259 e. The Morgan fingerprint density at radius 2 is 1.72 bits per heavy atom. The summed E-state index contributed by atoms with van der Waals surface area (Å²) in [5.41, 5.74) is 14.4. The van der Waals surface area contributed by atoms with E-state index < -0.39 is 0 Å². The molecule has 262 valence electrons. The van der Waals surface area contributed by atoms with E-state index in [-0.39, 0.29) is 0 Å². The predicted molar refractivity (Wildman–Crippen MR) is 213 cm³/mol. The highest BCUT2D eigenvalue weighted by Gasteiger charge is 2.31. The topological polar surface area (TPSA) is 24.1 Å². The zero-order chi connectivity index (χ0) is 33.7. The van der Waals surface area contributed by atoms with Crippen molar-refractivity contribution < 1.29 is 0 Å². The van der Waals surface area contributed by atoms with Gasteiger partial charge in [0.2, 0.25) is 0 Å². The predicted octanol–water partition coefficient (Wildman–Crippen LogP) is 11.2. The van der Waals surface area contributed by atoms with Crippen molar-refractivity contribution in [2.75, 3.05) is 19.6 Å². The van der Waals surface area contributed by atoms with Gasteiger partial charge in [0, 0.05) is 18.5 Å². The van der Waals surface area contributed by atoms with Crippen molar-refractivity contribution in [2.24, 2.45) is 29.6 Å². The minimum atomic E-state index is 0.434. The number of fused-ring (bicyclic) bond motifs is 2. The Kier molecular flexibility index (Phi) is 10.9. The molecule has 0 aromatic rings. The van der Waals surface area contributed by atoms with Crippen molar-refractivity contribution in [2.45, 2.75) is 103 Å². The van der Waals surface area contributed by atoms with Crippen molar-refractivity contribution in [3.05, 3.63) is 141 Å². The van der Waals surface area contributed by atoms with Gasteiger partial charge < -0.3 is 10.6 Å². The summed E-state index contributed by atoms with van der Waals surface area (Å²) >= 11 is 0. The molecule has 1 heterocycles. The summed E-state index contributed by atoms with van der Waals surface area (Å²) in [4.78, 5) is 0. The van der Waals surface area contributed by atoms with E-state index in [2.05, 4.69) is 109 Å². The lowest BCUT2D eigenvalue weighted by Gasteiger charge is -2.34. The number of allylic oxidation sites excluding steroid dienone is 22. The van der Waals surface area contributed by atoms with Crippen LogP contribution in [-0.4, -0.2) is 25.7 Å². The van der Waals surface area contributed by atoms with E-state index in [9.17, 15) is 0 Å². The molecule has 0 aromatic carbocycles. The third-order valence-electron chi connectivity index (χ3n) is 13.3. The second-order valence-electron chi connectivity index (χ2n) is 16.4. The molecule has 2 N–H and O–H groups in total. The van der Waals surface area contributed by atoms with Crippen LogP contribution in [0.4, 0.5) is 0 Å². The van der Waals surface area contributed by atoms with Crippen LogP contribution in [0.15, 0.2) is 141 Å². The van der Waals surface area contributed by atoms with E-state index in [1.165, 1.54) is 106 Å². The molecule has 50 heavy (non-hydrogen) atoms. The molecule has 0 radical (unpaired) electrons. The van der Waals surface area contributed by atoms with Crippen LogP contribution in [0.3, 0.4) is 0 Å². The second-order valence-corrected chi connectivity index (χ2v) is 16.4. The molecule has 1 saturated carbocycles. The molecule has 0 spiro atoms. The summed E-state index contributed by atoms with van der Waals surface area (Å²) in [6.07, 6.45) is 53.9. The summed E-state index contributed by atoms with van der Waals surface area (Å²) in [6, 6.07) is 0.450. The quantitative estimate of drug-likeness (QED) is 0.189. The number of hydrogen-bond acceptors (Lipinski definition) is 2. The zero-order valence-corrected chi connectivity index (χ0v) is 30.6. The SMILES string of the molecule is C/C(=C\C=C(/CNC1C=CC2CCC=CC2C1)[C@H]1C=C(C2=CC=CCC2)C=CC1)C1=C2CCCCC2=C(C2=CC=CC(C3CCNC3)C2)CC1. The lowest BCUT2D eigenvalue weighted by Crippen LogP contribution is -2.36. The highest BCUT2D eigenvalue weighted by molar-refractivity contribution is 5.56. The summed E-state index contributed by atoms with van der Waals surface area (Å²) in [7, 11) is 0. The van der Waals surface area contributed by atoms with Crippen LogP contribution in [0, 0.1) is 29.6 Å². The maximum absolute atomic E-state index is 4.03. The summed E-state index contributed by atoms with van der Waals surface area (Å²) in [6.45, 7) is 5.74. The first-order valence-corrected chi connectivity index (χ1v) is 20.4. The van der Waals surface area contributed by atoms with Crippen LogP contribution in [0.25, 0.3) is 0 Å². The van der Waals surface area contributed by atoms with E-state index in [0.29, 0.717) is 23.8 Å². The molecule has 1 saturated heterocycles.